The Balaban J connectivity index is 1.66. The Morgan fingerprint density at radius 2 is 2.04 bits per heavy atom. The summed E-state index contributed by atoms with van der Waals surface area (Å²) < 4.78 is 13.8. The van der Waals surface area contributed by atoms with Gasteiger partial charge in [0.2, 0.25) is 5.95 Å². The quantitative estimate of drug-likeness (QED) is 0.852. The Labute approximate surface area is 142 Å². The molecule has 0 saturated carbocycles. The van der Waals surface area contributed by atoms with Crippen LogP contribution in [0.1, 0.15) is 12.0 Å². The summed E-state index contributed by atoms with van der Waals surface area (Å²) in [7, 11) is 3.57. The molecule has 0 atom stereocenters. The molecule has 1 aliphatic heterocycles. The molecule has 128 valence electrons. The zero-order valence-corrected chi connectivity index (χ0v) is 14.2. The van der Waals surface area contributed by atoms with Crippen LogP contribution in [-0.2, 0) is 6.54 Å². The van der Waals surface area contributed by atoms with Gasteiger partial charge in [0.1, 0.15) is 0 Å². The molecule has 6 nitrogen and oxygen atoms in total. The number of hydrogen-bond acceptors (Lipinski definition) is 6. The number of hydrogen-bond donors (Lipinski definition) is 0. The van der Waals surface area contributed by atoms with E-state index in [1.54, 1.807) is 25.2 Å². The molecule has 1 fully saturated rings. The van der Waals surface area contributed by atoms with Crippen molar-refractivity contribution in [2.45, 2.75) is 13.0 Å². The molecule has 0 radical (unpaired) electrons. The summed E-state index contributed by atoms with van der Waals surface area (Å²) in [5.74, 6) is 0.538. The van der Waals surface area contributed by atoms with E-state index in [2.05, 4.69) is 30.8 Å². The van der Waals surface area contributed by atoms with Crippen LogP contribution in [0.2, 0.25) is 0 Å². The smallest absolute Gasteiger partial charge is 0.227 e. The van der Waals surface area contributed by atoms with E-state index in [1.807, 2.05) is 12.3 Å². The Hall–Kier alpha value is -2.28. The molecule has 0 N–H and O–H groups in total. The minimum atomic E-state index is -0.392. The Kier molecular flexibility index (Phi) is 5.20. The SMILES string of the molecule is CN(C)c1nc(N2CCCN(Cc3cccnc3)CC2)ncc1F. The first-order valence-electron chi connectivity index (χ1n) is 8.19. The summed E-state index contributed by atoms with van der Waals surface area (Å²) in [6.45, 7) is 4.55. The van der Waals surface area contributed by atoms with Gasteiger partial charge in [-0.1, -0.05) is 6.07 Å². The molecule has 1 saturated heterocycles. The highest BCUT2D eigenvalue weighted by Crippen LogP contribution is 2.18. The van der Waals surface area contributed by atoms with Gasteiger partial charge >= 0.3 is 0 Å². The van der Waals surface area contributed by atoms with Gasteiger partial charge in [-0.05, 0) is 18.1 Å². The van der Waals surface area contributed by atoms with Gasteiger partial charge in [0.15, 0.2) is 11.6 Å². The lowest BCUT2D eigenvalue weighted by Gasteiger charge is -2.23. The van der Waals surface area contributed by atoms with Crippen molar-refractivity contribution in [1.29, 1.82) is 0 Å². The van der Waals surface area contributed by atoms with Crippen molar-refractivity contribution in [2.24, 2.45) is 0 Å². The lowest BCUT2D eigenvalue weighted by molar-refractivity contribution is 0.285. The van der Waals surface area contributed by atoms with Crippen LogP contribution < -0.4 is 9.80 Å². The first kappa shape index (κ1) is 16.6. The molecular weight excluding hydrogens is 307 g/mol. The van der Waals surface area contributed by atoms with Crippen molar-refractivity contribution in [3.8, 4) is 0 Å². The maximum Gasteiger partial charge on any atom is 0.227 e. The van der Waals surface area contributed by atoms with Crippen LogP contribution in [0.5, 0.6) is 0 Å². The van der Waals surface area contributed by atoms with Crippen molar-refractivity contribution < 1.29 is 4.39 Å². The number of pyridine rings is 1. The summed E-state index contributed by atoms with van der Waals surface area (Å²) >= 11 is 0. The number of aromatic nitrogens is 3. The van der Waals surface area contributed by atoms with E-state index >= 15 is 0 Å². The van der Waals surface area contributed by atoms with E-state index in [1.165, 1.54) is 11.8 Å². The predicted molar refractivity (Wildman–Crippen MR) is 92.7 cm³/mol. The Bertz CT molecular complexity index is 663. The van der Waals surface area contributed by atoms with E-state index < -0.39 is 5.82 Å². The molecule has 0 amide bonds. The summed E-state index contributed by atoms with van der Waals surface area (Å²) in [6, 6.07) is 4.07. The number of anilines is 2. The first-order chi connectivity index (χ1) is 11.6. The fraction of sp³-hybridized carbons (Fsp3) is 0.471. The lowest BCUT2D eigenvalue weighted by atomic mass is 10.2. The first-order valence-corrected chi connectivity index (χ1v) is 8.19. The zero-order chi connectivity index (χ0) is 16.9. The number of nitrogens with zero attached hydrogens (tertiary/aromatic N) is 6. The highest BCUT2D eigenvalue weighted by atomic mass is 19.1. The largest absolute Gasteiger partial charge is 0.360 e. The summed E-state index contributed by atoms with van der Waals surface area (Å²) in [5.41, 5.74) is 1.22. The van der Waals surface area contributed by atoms with E-state index in [0.717, 1.165) is 39.1 Å². The molecule has 3 rings (SSSR count). The van der Waals surface area contributed by atoms with Crippen LogP contribution in [0.15, 0.2) is 30.7 Å². The third kappa shape index (κ3) is 3.97. The van der Waals surface area contributed by atoms with Gasteiger partial charge in [-0.25, -0.2) is 9.37 Å². The molecule has 0 spiro atoms. The van der Waals surface area contributed by atoms with Crippen molar-refractivity contribution in [2.75, 3.05) is 50.1 Å². The highest BCUT2D eigenvalue weighted by Gasteiger charge is 2.19. The number of rotatable bonds is 4. The molecule has 2 aromatic heterocycles. The average Bonchev–Trinajstić information content (AvgIpc) is 2.82. The van der Waals surface area contributed by atoms with Crippen LogP contribution >= 0.6 is 0 Å². The minimum absolute atomic E-state index is 0.330. The standard InChI is InChI=1S/C17H23FN6/c1-22(2)16-15(18)12-20-17(21-16)24-8-4-7-23(9-10-24)13-14-5-3-6-19-11-14/h3,5-6,11-12H,4,7-10,13H2,1-2H3. The molecule has 7 heteroatoms. The van der Waals surface area contributed by atoms with Crippen LogP contribution in [0.3, 0.4) is 0 Å². The van der Waals surface area contributed by atoms with Gasteiger partial charge in [0, 0.05) is 59.2 Å². The Morgan fingerprint density at radius 1 is 1.17 bits per heavy atom. The molecule has 24 heavy (non-hydrogen) atoms. The van der Waals surface area contributed by atoms with E-state index in [0.29, 0.717) is 11.8 Å². The number of halogens is 1. The van der Waals surface area contributed by atoms with Crippen LogP contribution in [0, 0.1) is 5.82 Å². The molecule has 0 aromatic carbocycles. The maximum atomic E-state index is 13.8. The van der Waals surface area contributed by atoms with Crippen LogP contribution in [0.4, 0.5) is 16.2 Å². The molecule has 0 aliphatic carbocycles. The van der Waals surface area contributed by atoms with Crippen LogP contribution in [-0.4, -0.2) is 60.1 Å². The van der Waals surface area contributed by atoms with E-state index in [9.17, 15) is 4.39 Å². The minimum Gasteiger partial charge on any atom is -0.360 e. The zero-order valence-electron chi connectivity index (χ0n) is 14.2. The molecule has 0 unspecified atom stereocenters. The second-order valence-corrected chi connectivity index (χ2v) is 6.21. The van der Waals surface area contributed by atoms with Crippen molar-refractivity contribution in [1.82, 2.24) is 19.9 Å². The molecule has 2 aromatic rings. The second kappa shape index (κ2) is 7.53. The summed E-state index contributed by atoms with van der Waals surface area (Å²) in [4.78, 5) is 19.0. The van der Waals surface area contributed by atoms with Gasteiger partial charge in [-0.2, -0.15) is 4.98 Å². The summed E-state index contributed by atoms with van der Waals surface area (Å²) in [6.07, 6.45) is 5.99. The normalized spacial score (nSPS) is 16.0. The molecular formula is C17H23FN6. The third-order valence-corrected chi connectivity index (χ3v) is 4.14. The average molecular weight is 330 g/mol. The van der Waals surface area contributed by atoms with Crippen molar-refractivity contribution in [3.63, 3.8) is 0 Å². The second-order valence-electron chi connectivity index (χ2n) is 6.21. The fourth-order valence-corrected chi connectivity index (χ4v) is 2.89. The Morgan fingerprint density at radius 3 is 2.79 bits per heavy atom. The van der Waals surface area contributed by atoms with E-state index in [4.69, 9.17) is 0 Å². The van der Waals surface area contributed by atoms with Gasteiger partial charge in [-0.15, -0.1) is 0 Å². The maximum absolute atomic E-state index is 13.8. The van der Waals surface area contributed by atoms with E-state index in [-0.39, 0.29) is 0 Å². The van der Waals surface area contributed by atoms with Crippen molar-refractivity contribution in [3.05, 3.63) is 42.1 Å². The molecule has 0 bridgehead atoms. The fourth-order valence-electron chi connectivity index (χ4n) is 2.89. The van der Waals surface area contributed by atoms with Crippen molar-refractivity contribution >= 4 is 11.8 Å². The van der Waals surface area contributed by atoms with Gasteiger partial charge in [-0.3, -0.25) is 9.88 Å². The topological polar surface area (TPSA) is 48.4 Å². The van der Waals surface area contributed by atoms with Gasteiger partial charge in [0.05, 0.1) is 6.20 Å². The van der Waals surface area contributed by atoms with Crippen LogP contribution in [0.25, 0.3) is 0 Å². The molecule has 3 heterocycles. The molecule has 1 aliphatic rings. The third-order valence-electron chi connectivity index (χ3n) is 4.14. The predicted octanol–water partition coefficient (Wildman–Crippen LogP) is 1.79. The monoisotopic (exact) mass is 330 g/mol. The highest BCUT2D eigenvalue weighted by molar-refractivity contribution is 5.43. The lowest BCUT2D eigenvalue weighted by Crippen LogP contribution is -2.32. The van der Waals surface area contributed by atoms with Gasteiger partial charge in [0.25, 0.3) is 0 Å². The summed E-state index contributed by atoms with van der Waals surface area (Å²) in [5, 5.41) is 0. The van der Waals surface area contributed by atoms with Gasteiger partial charge < -0.3 is 9.80 Å².